The SMILES string of the molecule is COC(=O)c1ccc(C)c(N=C(NC#N)SC)c1. The molecular formula is C12H13N3O2S. The molecule has 0 unspecified atom stereocenters. The Labute approximate surface area is 110 Å². The van der Waals surface area contributed by atoms with E-state index in [4.69, 9.17) is 5.26 Å². The molecular weight excluding hydrogens is 250 g/mol. The number of aliphatic imine (C=N–C) groups is 1. The van der Waals surface area contributed by atoms with Gasteiger partial charge in [0.25, 0.3) is 0 Å². The molecule has 0 amide bonds. The number of rotatable bonds is 2. The van der Waals surface area contributed by atoms with Crippen LogP contribution in [-0.2, 0) is 4.74 Å². The summed E-state index contributed by atoms with van der Waals surface area (Å²) in [6, 6.07) is 5.10. The fourth-order valence-corrected chi connectivity index (χ4v) is 1.59. The number of carbonyl (C=O) groups excluding carboxylic acids is 1. The number of thioether (sulfide) groups is 1. The van der Waals surface area contributed by atoms with Crippen LogP contribution in [0.15, 0.2) is 23.2 Å². The van der Waals surface area contributed by atoms with Crippen molar-refractivity contribution >= 4 is 28.6 Å². The maximum absolute atomic E-state index is 11.4. The van der Waals surface area contributed by atoms with E-state index < -0.39 is 5.97 Å². The van der Waals surface area contributed by atoms with Crippen LogP contribution in [0, 0.1) is 18.4 Å². The van der Waals surface area contributed by atoms with Gasteiger partial charge >= 0.3 is 5.97 Å². The zero-order valence-electron chi connectivity index (χ0n) is 10.4. The Morgan fingerprint density at radius 2 is 2.28 bits per heavy atom. The molecule has 0 radical (unpaired) electrons. The molecule has 0 saturated heterocycles. The Bertz CT molecular complexity index is 521. The highest BCUT2D eigenvalue weighted by Gasteiger charge is 2.08. The van der Waals surface area contributed by atoms with Crippen molar-refractivity contribution in [3.63, 3.8) is 0 Å². The lowest BCUT2D eigenvalue weighted by Crippen LogP contribution is -2.12. The summed E-state index contributed by atoms with van der Waals surface area (Å²) in [6.45, 7) is 1.88. The van der Waals surface area contributed by atoms with E-state index in [-0.39, 0.29) is 0 Å². The summed E-state index contributed by atoms with van der Waals surface area (Å²) >= 11 is 1.32. The van der Waals surface area contributed by atoms with Gasteiger partial charge in [-0.05, 0) is 30.9 Å². The van der Waals surface area contributed by atoms with Crippen molar-refractivity contribution in [2.45, 2.75) is 6.92 Å². The predicted molar refractivity (Wildman–Crippen MR) is 71.9 cm³/mol. The van der Waals surface area contributed by atoms with Crippen LogP contribution in [0.4, 0.5) is 5.69 Å². The molecule has 94 valence electrons. The van der Waals surface area contributed by atoms with Gasteiger partial charge in [0.2, 0.25) is 0 Å². The average Bonchev–Trinajstić information content (AvgIpc) is 2.39. The molecule has 0 spiro atoms. The van der Waals surface area contributed by atoms with Crippen molar-refractivity contribution in [3.05, 3.63) is 29.3 Å². The van der Waals surface area contributed by atoms with Gasteiger partial charge in [-0.1, -0.05) is 17.8 Å². The molecule has 0 aliphatic rings. The normalized spacial score (nSPS) is 10.7. The number of aryl methyl sites for hydroxylation is 1. The fraction of sp³-hybridized carbons (Fsp3) is 0.250. The number of esters is 1. The lowest BCUT2D eigenvalue weighted by atomic mass is 10.1. The minimum absolute atomic E-state index is 0.412. The van der Waals surface area contributed by atoms with Gasteiger partial charge in [0.1, 0.15) is 0 Å². The van der Waals surface area contributed by atoms with E-state index in [2.05, 4.69) is 15.0 Å². The zero-order valence-corrected chi connectivity index (χ0v) is 11.2. The molecule has 1 aromatic rings. The van der Waals surface area contributed by atoms with E-state index in [0.717, 1.165) is 5.56 Å². The first-order valence-electron chi connectivity index (χ1n) is 5.09. The molecule has 1 rings (SSSR count). The van der Waals surface area contributed by atoms with Gasteiger partial charge in [-0.25, -0.2) is 9.79 Å². The number of carbonyl (C=O) groups is 1. The van der Waals surface area contributed by atoms with Gasteiger partial charge in [0.15, 0.2) is 11.4 Å². The minimum Gasteiger partial charge on any atom is -0.465 e. The van der Waals surface area contributed by atoms with Crippen LogP contribution in [0.3, 0.4) is 0 Å². The summed E-state index contributed by atoms with van der Waals surface area (Å²) in [5.41, 5.74) is 1.97. The first-order chi connectivity index (χ1) is 8.62. The third-order valence-electron chi connectivity index (χ3n) is 2.21. The Balaban J connectivity index is 3.15. The Morgan fingerprint density at radius 3 is 2.83 bits per heavy atom. The molecule has 0 bridgehead atoms. The molecule has 6 heteroatoms. The number of ether oxygens (including phenoxy) is 1. The molecule has 0 saturated carbocycles. The number of hydrogen-bond acceptors (Lipinski definition) is 5. The van der Waals surface area contributed by atoms with Gasteiger partial charge in [-0.3, -0.25) is 5.32 Å². The third kappa shape index (κ3) is 3.50. The summed E-state index contributed by atoms with van der Waals surface area (Å²) in [5.74, 6) is -0.412. The first-order valence-corrected chi connectivity index (χ1v) is 6.31. The molecule has 0 aromatic heterocycles. The van der Waals surface area contributed by atoms with Crippen LogP contribution in [0.2, 0.25) is 0 Å². The number of hydrogen-bond donors (Lipinski definition) is 1. The van der Waals surface area contributed by atoms with Crippen LogP contribution < -0.4 is 5.32 Å². The largest absolute Gasteiger partial charge is 0.465 e. The Morgan fingerprint density at radius 1 is 1.56 bits per heavy atom. The number of nitriles is 1. The molecule has 1 N–H and O–H groups in total. The second-order valence-electron chi connectivity index (χ2n) is 3.35. The van der Waals surface area contributed by atoms with Gasteiger partial charge in [-0.15, -0.1) is 0 Å². The van der Waals surface area contributed by atoms with Crippen molar-refractivity contribution in [2.24, 2.45) is 4.99 Å². The molecule has 18 heavy (non-hydrogen) atoms. The van der Waals surface area contributed by atoms with Crippen LogP contribution in [0.25, 0.3) is 0 Å². The Hall–Kier alpha value is -2.00. The maximum atomic E-state index is 11.4. The molecule has 0 aliphatic carbocycles. The number of amidine groups is 1. The predicted octanol–water partition coefficient (Wildman–Crippen LogP) is 2.20. The zero-order chi connectivity index (χ0) is 13.5. The van der Waals surface area contributed by atoms with E-state index in [9.17, 15) is 4.79 Å². The summed E-state index contributed by atoms with van der Waals surface area (Å²) in [6.07, 6.45) is 3.62. The summed E-state index contributed by atoms with van der Waals surface area (Å²) in [4.78, 5) is 15.7. The van der Waals surface area contributed by atoms with E-state index in [1.165, 1.54) is 18.9 Å². The second-order valence-corrected chi connectivity index (χ2v) is 4.15. The monoisotopic (exact) mass is 263 g/mol. The highest BCUT2D eigenvalue weighted by atomic mass is 32.2. The van der Waals surface area contributed by atoms with Gasteiger partial charge in [0, 0.05) is 0 Å². The lowest BCUT2D eigenvalue weighted by Gasteiger charge is -2.05. The molecule has 0 heterocycles. The van der Waals surface area contributed by atoms with E-state index in [1.807, 2.05) is 19.4 Å². The van der Waals surface area contributed by atoms with Crippen molar-refractivity contribution in [2.75, 3.05) is 13.4 Å². The average molecular weight is 263 g/mol. The highest BCUT2D eigenvalue weighted by Crippen LogP contribution is 2.21. The summed E-state index contributed by atoms with van der Waals surface area (Å²) < 4.78 is 4.65. The standard InChI is InChI=1S/C12H13N3O2S/c1-8-4-5-9(11(16)17-2)6-10(8)15-12(18-3)14-7-13/h4-6H,1-3H3,(H,14,15). The van der Waals surface area contributed by atoms with Crippen LogP contribution in [0.5, 0.6) is 0 Å². The van der Waals surface area contributed by atoms with Crippen LogP contribution >= 0.6 is 11.8 Å². The van der Waals surface area contributed by atoms with Crippen LogP contribution in [0.1, 0.15) is 15.9 Å². The number of nitrogens with zero attached hydrogens (tertiary/aromatic N) is 2. The smallest absolute Gasteiger partial charge is 0.337 e. The van der Waals surface area contributed by atoms with E-state index >= 15 is 0 Å². The summed E-state index contributed by atoms with van der Waals surface area (Å²) in [7, 11) is 1.33. The topological polar surface area (TPSA) is 74.5 Å². The van der Waals surface area contributed by atoms with E-state index in [1.54, 1.807) is 18.2 Å². The quantitative estimate of drug-likeness (QED) is 0.291. The third-order valence-corrected chi connectivity index (χ3v) is 2.79. The second kappa shape index (κ2) is 6.67. The Kier molecular flexibility index (Phi) is 5.21. The minimum atomic E-state index is -0.412. The molecule has 1 aromatic carbocycles. The molecule has 0 atom stereocenters. The first kappa shape index (κ1) is 14.1. The number of benzene rings is 1. The van der Waals surface area contributed by atoms with Gasteiger partial charge in [-0.2, -0.15) is 5.26 Å². The van der Waals surface area contributed by atoms with Crippen molar-refractivity contribution < 1.29 is 9.53 Å². The van der Waals surface area contributed by atoms with Crippen molar-refractivity contribution in [1.82, 2.24) is 5.32 Å². The van der Waals surface area contributed by atoms with Crippen molar-refractivity contribution in [3.8, 4) is 6.19 Å². The molecule has 0 fully saturated rings. The van der Waals surface area contributed by atoms with Gasteiger partial charge in [0.05, 0.1) is 18.4 Å². The number of nitrogens with one attached hydrogen (secondary N) is 1. The van der Waals surface area contributed by atoms with Crippen molar-refractivity contribution in [1.29, 1.82) is 5.26 Å². The maximum Gasteiger partial charge on any atom is 0.337 e. The van der Waals surface area contributed by atoms with Crippen LogP contribution in [-0.4, -0.2) is 24.5 Å². The van der Waals surface area contributed by atoms with E-state index in [0.29, 0.717) is 16.4 Å². The molecule has 0 aliphatic heterocycles. The summed E-state index contributed by atoms with van der Waals surface area (Å²) in [5, 5.41) is 11.5. The highest BCUT2D eigenvalue weighted by molar-refractivity contribution is 8.13. The number of methoxy groups -OCH3 is 1. The molecule has 5 nitrogen and oxygen atoms in total. The van der Waals surface area contributed by atoms with Gasteiger partial charge < -0.3 is 4.74 Å². The lowest BCUT2D eigenvalue weighted by molar-refractivity contribution is 0.0601. The fourth-order valence-electron chi connectivity index (χ4n) is 1.26.